The molecule has 0 radical (unpaired) electrons. The molecule has 88 valence electrons. The molecule has 2 unspecified atom stereocenters. The standard InChI is InChI=1S/C13H19NOS/c1-10(14-12-6-7-16-9-12)8-11-2-4-13(15)5-3-11/h2-5,10,12,14-15H,6-9H2,1H3. The molecular formula is C13H19NOS. The predicted molar refractivity (Wildman–Crippen MR) is 70.1 cm³/mol. The molecule has 1 heterocycles. The van der Waals surface area contributed by atoms with E-state index in [1.54, 1.807) is 12.1 Å². The number of hydrogen-bond acceptors (Lipinski definition) is 3. The Morgan fingerprint density at radius 2 is 2.19 bits per heavy atom. The first-order valence-electron chi connectivity index (χ1n) is 5.86. The van der Waals surface area contributed by atoms with E-state index in [0.717, 1.165) is 6.42 Å². The van der Waals surface area contributed by atoms with Gasteiger partial charge in [-0.2, -0.15) is 11.8 Å². The van der Waals surface area contributed by atoms with Gasteiger partial charge in [0.15, 0.2) is 0 Å². The van der Waals surface area contributed by atoms with Crippen molar-refractivity contribution in [3.63, 3.8) is 0 Å². The Labute approximate surface area is 101 Å². The molecule has 0 bridgehead atoms. The zero-order valence-corrected chi connectivity index (χ0v) is 10.5. The van der Waals surface area contributed by atoms with Gasteiger partial charge in [0.05, 0.1) is 0 Å². The second-order valence-electron chi connectivity index (χ2n) is 4.50. The number of benzene rings is 1. The molecule has 2 N–H and O–H groups in total. The van der Waals surface area contributed by atoms with Crippen molar-refractivity contribution in [1.82, 2.24) is 5.32 Å². The highest BCUT2D eigenvalue weighted by Gasteiger charge is 2.17. The molecule has 0 amide bonds. The van der Waals surface area contributed by atoms with Gasteiger partial charge in [-0.05, 0) is 43.2 Å². The summed E-state index contributed by atoms with van der Waals surface area (Å²) in [4.78, 5) is 0. The maximum Gasteiger partial charge on any atom is 0.115 e. The van der Waals surface area contributed by atoms with Crippen molar-refractivity contribution in [1.29, 1.82) is 0 Å². The normalized spacial score (nSPS) is 22.2. The van der Waals surface area contributed by atoms with Gasteiger partial charge in [-0.1, -0.05) is 12.1 Å². The number of aromatic hydroxyl groups is 1. The highest BCUT2D eigenvalue weighted by Crippen LogP contribution is 2.18. The summed E-state index contributed by atoms with van der Waals surface area (Å²) >= 11 is 2.04. The Morgan fingerprint density at radius 1 is 1.44 bits per heavy atom. The molecule has 16 heavy (non-hydrogen) atoms. The third-order valence-electron chi connectivity index (χ3n) is 2.93. The first kappa shape index (κ1) is 11.8. The van der Waals surface area contributed by atoms with Crippen LogP contribution >= 0.6 is 11.8 Å². The van der Waals surface area contributed by atoms with Crippen LogP contribution in [0.2, 0.25) is 0 Å². The molecule has 1 saturated heterocycles. The first-order valence-corrected chi connectivity index (χ1v) is 7.01. The molecular weight excluding hydrogens is 218 g/mol. The quantitative estimate of drug-likeness (QED) is 0.843. The third-order valence-corrected chi connectivity index (χ3v) is 4.09. The van der Waals surface area contributed by atoms with E-state index < -0.39 is 0 Å². The second-order valence-corrected chi connectivity index (χ2v) is 5.65. The molecule has 2 nitrogen and oxygen atoms in total. The van der Waals surface area contributed by atoms with E-state index in [4.69, 9.17) is 0 Å². The zero-order valence-electron chi connectivity index (χ0n) is 9.65. The van der Waals surface area contributed by atoms with Crippen molar-refractivity contribution < 1.29 is 5.11 Å². The topological polar surface area (TPSA) is 32.3 Å². The molecule has 0 saturated carbocycles. The summed E-state index contributed by atoms with van der Waals surface area (Å²) in [5, 5.41) is 12.9. The third kappa shape index (κ3) is 3.42. The Hall–Kier alpha value is -0.670. The smallest absolute Gasteiger partial charge is 0.115 e. The Bertz CT molecular complexity index is 319. The molecule has 0 spiro atoms. The minimum absolute atomic E-state index is 0.344. The molecule has 2 atom stereocenters. The summed E-state index contributed by atoms with van der Waals surface area (Å²) in [6.07, 6.45) is 2.33. The van der Waals surface area contributed by atoms with E-state index in [1.165, 1.54) is 23.5 Å². The van der Waals surface area contributed by atoms with Crippen LogP contribution in [0, 0.1) is 0 Å². The lowest BCUT2D eigenvalue weighted by Gasteiger charge is -2.18. The predicted octanol–water partition coefficient (Wildman–Crippen LogP) is 2.42. The number of phenolic OH excluding ortho intramolecular Hbond substituents is 1. The van der Waals surface area contributed by atoms with Crippen molar-refractivity contribution in [2.24, 2.45) is 0 Å². The summed E-state index contributed by atoms with van der Waals surface area (Å²) in [6.45, 7) is 2.23. The fourth-order valence-corrected chi connectivity index (χ4v) is 3.28. The number of thioether (sulfide) groups is 1. The highest BCUT2D eigenvalue weighted by molar-refractivity contribution is 7.99. The van der Waals surface area contributed by atoms with Crippen LogP contribution in [0.4, 0.5) is 0 Å². The fourth-order valence-electron chi connectivity index (χ4n) is 2.11. The molecule has 2 rings (SSSR count). The van der Waals surface area contributed by atoms with E-state index in [-0.39, 0.29) is 0 Å². The van der Waals surface area contributed by atoms with Crippen LogP contribution in [0.15, 0.2) is 24.3 Å². The van der Waals surface area contributed by atoms with Gasteiger partial charge in [-0.3, -0.25) is 0 Å². The van der Waals surface area contributed by atoms with Crippen molar-refractivity contribution >= 4 is 11.8 Å². The van der Waals surface area contributed by atoms with Gasteiger partial charge >= 0.3 is 0 Å². The molecule has 1 aromatic rings. The largest absolute Gasteiger partial charge is 0.508 e. The second kappa shape index (κ2) is 5.60. The van der Waals surface area contributed by atoms with Crippen LogP contribution in [0.1, 0.15) is 18.9 Å². The van der Waals surface area contributed by atoms with Gasteiger partial charge in [0.1, 0.15) is 5.75 Å². The van der Waals surface area contributed by atoms with Crippen LogP contribution in [0.3, 0.4) is 0 Å². The molecule has 1 aliphatic rings. The number of hydrogen-bond donors (Lipinski definition) is 2. The number of nitrogens with one attached hydrogen (secondary N) is 1. The Balaban J connectivity index is 1.81. The van der Waals surface area contributed by atoms with Gasteiger partial charge in [-0.15, -0.1) is 0 Å². The summed E-state index contributed by atoms with van der Waals surface area (Å²) in [5.41, 5.74) is 1.28. The van der Waals surface area contributed by atoms with E-state index in [2.05, 4.69) is 12.2 Å². The summed E-state index contributed by atoms with van der Waals surface area (Å²) in [6, 6.07) is 8.71. The zero-order chi connectivity index (χ0) is 11.4. The summed E-state index contributed by atoms with van der Waals surface area (Å²) < 4.78 is 0. The maximum atomic E-state index is 9.20. The minimum Gasteiger partial charge on any atom is -0.508 e. The highest BCUT2D eigenvalue weighted by atomic mass is 32.2. The van der Waals surface area contributed by atoms with E-state index >= 15 is 0 Å². The van der Waals surface area contributed by atoms with Crippen LogP contribution in [-0.2, 0) is 6.42 Å². The van der Waals surface area contributed by atoms with Crippen LogP contribution in [0.5, 0.6) is 5.75 Å². The van der Waals surface area contributed by atoms with Crippen molar-refractivity contribution in [2.75, 3.05) is 11.5 Å². The van der Waals surface area contributed by atoms with Crippen molar-refractivity contribution in [2.45, 2.75) is 31.8 Å². The Morgan fingerprint density at radius 3 is 2.81 bits per heavy atom. The number of phenols is 1. The molecule has 1 aromatic carbocycles. The first-order chi connectivity index (χ1) is 7.74. The van der Waals surface area contributed by atoms with Gasteiger partial charge in [0.2, 0.25) is 0 Å². The van der Waals surface area contributed by atoms with E-state index in [9.17, 15) is 5.11 Å². The van der Waals surface area contributed by atoms with Crippen LogP contribution in [0.25, 0.3) is 0 Å². The molecule has 1 fully saturated rings. The number of rotatable bonds is 4. The minimum atomic E-state index is 0.344. The SMILES string of the molecule is CC(Cc1ccc(O)cc1)NC1CCSC1. The lowest BCUT2D eigenvalue weighted by atomic mass is 10.1. The van der Waals surface area contributed by atoms with Crippen molar-refractivity contribution in [3.8, 4) is 5.75 Å². The van der Waals surface area contributed by atoms with Crippen LogP contribution in [-0.4, -0.2) is 28.7 Å². The summed E-state index contributed by atoms with van der Waals surface area (Å²) in [7, 11) is 0. The molecule has 1 aliphatic heterocycles. The average Bonchev–Trinajstić information content (AvgIpc) is 2.74. The fraction of sp³-hybridized carbons (Fsp3) is 0.538. The average molecular weight is 237 g/mol. The monoisotopic (exact) mass is 237 g/mol. The van der Waals surface area contributed by atoms with Gasteiger partial charge in [0, 0.05) is 17.8 Å². The Kier molecular flexibility index (Phi) is 4.13. The van der Waals surface area contributed by atoms with E-state index in [0.29, 0.717) is 17.8 Å². The van der Waals surface area contributed by atoms with Gasteiger partial charge < -0.3 is 10.4 Å². The lowest BCUT2D eigenvalue weighted by Crippen LogP contribution is -2.37. The lowest BCUT2D eigenvalue weighted by molar-refractivity contribution is 0.467. The van der Waals surface area contributed by atoms with Crippen LogP contribution < -0.4 is 5.32 Å². The van der Waals surface area contributed by atoms with Gasteiger partial charge in [-0.25, -0.2) is 0 Å². The maximum absolute atomic E-state index is 9.20. The molecule has 3 heteroatoms. The van der Waals surface area contributed by atoms with E-state index in [1.807, 2.05) is 23.9 Å². The molecule has 0 aromatic heterocycles. The van der Waals surface area contributed by atoms with Crippen molar-refractivity contribution in [3.05, 3.63) is 29.8 Å². The molecule has 0 aliphatic carbocycles. The summed E-state index contributed by atoms with van der Waals surface area (Å²) in [5.74, 6) is 2.89. The van der Waals surface area contributed by atoms with Gasteiger partial charge in [0.25, 0.3) is 0 Å².